The van der Waals surface area contributed by atoms with Crippen LogP contribution in [-0.4, -0.2) is 35.8 Å². The van der Waals surface area contributed by atoms with E-state index in [2.05, 4.69) is 5.32 Å². The average molecular weight is 418 g/mol. The van der Waals surface area contributed by atoms with E-state index in [1.165, 1.54) is 18.2 Å². The quantitative estimate of drug-likeness (QED) is 0.785. The van der Waals surface area contributed by atoms with Crippen LogP contribution in [0.25, 0.3) is 0 Å². The molecule has 1 saturated carbocycles. The number of anilines is 1. The molecule has 0 radical (unpaired) electrons. The number of halogens is 3. The molecule has 5 nitrogen and oxygen atoms in total. The molecule has 1 aromatic rings. The maximum absolute atomic E-state index is 13.2. The van der Waals surface area contributed by atoms with Crippen molar-refractivity contribution >= 4 is 41.5 Å². The van der Waals surface area contributed by atoms with Crippen molar-refractivity contribution in [1.29, 1.82) is 0 Å². The van der Waals surface area contributed by atoms with Gasteiger partial charge in [0.25, 0.3) is 0 Å². The molecule has 3 N–H and O–H groups in total. The number of amides is 2. The van der Waals surface area contributed by atoms with Crippen molar-refractivity contribution in [2.75, 3.05) is 18.4 Å². The van der Waals surface area contributed by atoms with Gasteiger partial charge in [-0.2, -0.15) is 0 Å². The van der Waals surface area contributed by atoms with E-state index in [1.54, 1.807) is 0 Å². The second-order valence-corrected chi connectivity index (χ2v) is 7.74. The Bertz CT molecular complexity index is 681. The molecule has 150 valence electrons. The topological polar surface area (TPSA) is 75.4 Å². The van der Waals surface area contributed by atoms with Gasteiger partial charge in [0.05, 0.1) is 5.02 Å². The Hall–Kier alpha value is -1.37. The van der Waals surface area contributed by atoms with Gasteiger partial charge < -0.3 is 16.0 Å². The number of piperidine rings is 1. The molecule has 1 aliphatic heterocycles. The number of likely N-dealkylation sites (tertiary alicyclic amines) is 1. The Morgan fingerprint density at radius 2 is 1.93 bits per heavy atom. The van der Waals surface area contributed by atoms with Crippen molar-refractivity contribution in [2.24, 2.45) is 17.6 Å². The van der Waals surface area contributed by atoms with Crippen LogP contribution >= 0.6 is 24.0 Å². The molecule has 1 aliphatic carbocycles. The highest BCUT2D eigenvalue weighted by atomic mass is 35.5. The molecule has 2 fully saturated rings. The van der Waals surface area contributed by atoms with Gasteiger partial charge in [0.1, 0.15) is 5.82 Å². The van der Waals surface area contributed by atoms with E-state index in [4.69, 9.17) is 17.3 Å². The van der Waals surface area contributed by atoms with Crippen LogP contribution in [0.15, 0.2) is 18.2 Å². The normalized spacial score (nSPS) is 23.0. The van der Waals surface area contributed by atoms with Crippen LogP contribution in [0.1, 0.15) is 38.5 Å². The highest BCUT2D eigenvalue weighted by Crippen LogP contribution is 2.28. The predicted molar refractivity (Wildman–Crippen MR) is 107 cm³/mol. The molecule has 2 aliphatic rings. The first-order chi connectivity index (χ1) is 12.4. The zero-order chi connectivity index (χ0) is 18.7. The SMILES string of the molecule is Cl.N[C@@H]1CCC[C@H]1CC(=O)N1CCC(C(=O)Nc2ccc(F)c(Cl)c2)CC1. The second-order valence-electron chi connectivity index (χ2n) is 7.33. The highest BCUT2D eigenvalue weighted by Gasteiger charge is 2.31. The molecular formula is C19H26Cl2FN3O2. The van der Waals surface area contributed by atoms with E-state index in [0.29, 0.717) is 44.0 Å². The summed E-state index contributed by atoms with van der Waals surface area (Å²) in [5, 5.41) is 2.76. The van der Waals surface area contributed by atoms with Crippen LogP contribution < -0.4 is 11.1 Å². The van der Waals surface area contributed by atoms with Crippen molar-refractivity contribution in [3.63, 3.8) is 0 Å². The number of rotatable bonds is 4. The summed E-state index contributed by atoms with van der Waals surface area (Å²) in [7, 11) is 0. The maximum atomic E-state index is 13.2. The van der Waals surface area contributed by atoms with Gasteiger partial charge in [-0.05, 0) is 49.8 Å². The van der Waals surface area contributed by atoms with Crippen molar-refractivity contribution in [3.05, 3.63) is 29.0 Å². The predicted octanol–water partition coefficient (Wildman–Crippen LogP) is 3.60. The Labute approximate surface area is 170 Å². The number of nitrogens with zero attached hydrogens (tertiary/aromatic N) is 1. The van der Waals surface area contributed by atoms with Gasteiger partial charge in [-0.25, -0.2) is 4.39 Å². The first-order valence-electron chi connectivity index (χ1n) is 9.23. The van der Waals surface area contributed by atoms with Crippen LogP contribution in [0.2, 0.25) is 5.02 Å². The number of carbonyl (C=O) groups excluding carboxylic acids is 2. The average Bonchev–Trinajstić information content (AvgIpc) is 3.03. The van der Waals surface area contributed by atoms with Crippen molar-refractivity contribution in [3.8, 4) is 0 Å². The van der Waals surface area contributed by atoms with Crippen LogP contribution in [0.3, 0.4) is 0 Å². The van der Waals surface area contributed by atoms with E-state index in [0.717, 1.165) is 19.3 Å². The summed E-state index contributed by atoms with van der Waals surface area (Å²) in [5.41, 5.74) is 6.54. The van der Waals surface area contributed by atoms with E-state index in [-0.39, 0.29) is 41.2 Å². The highest BCUT2D eigenvalue weighted by molar-refractivity contribution is 6.31. The molecule has 8 heteroatoms. The number of carbonyl (C=O) groups is 2. The van der Waals surface area contributed by atoms with Crippen LogP contribution in [0.4, 0.5) is 10.1 Å². The molecule has 3 rings (SSSR count). The molecule has 0 bridgehead atoms. The van der Waals surface area contributed by atoms with Gasteiger partial charge in [0.2, 0.25) is 11.8 Å². The third-order valence-electron chi connectivity index (χ3n) is 5.56. The molecule has 0 spiro atoms. The van der Waals surface area contributed by atoms with E-state index < -0.39 is 5.82 Å². The van der Waals surface area contributed by atoms with Crippen LogP contribution in [-0.2, 0) is 9.59 Å². The maximum Gasteiger partial charge on any atom is 0.227 e. The summed E-state index contributed by atoms with van der Waals surface area (Å²) < 4.78 is 13.2. The Morgan fingerprint density at radius 1 is 1.22 bits per heavy atom. The number of benzene rings is 1. The minimum Gasteiger partial charge on any atom is -0.343 e. The first kappa shape index (κ1) is 21.9. The zero-order valence-electron chi connectivity index (χ0n) is 15.1. The van der Waals surface area contributed by atoms with Crippen molar-refractivity contribution in [2.45, 2.75) is 44.6 Å². The Morgan fingerprint density at radius 3 is 2.52 bits per heavy atom. The van der Waals surface area contributed by atoms with Gasteiger partial charge in [0, 0.05) is 37.2 Å². The van der Waals surface area contributed by atoms with Gasteiger partial charge in [0.15, 0.2) is 0 Å². The number of hydrogen-bond donors (Lipinski definition) is 2. The smallest absolute Gasteiger partial charge is 0.227 e. The lowest BCUT2D eigenvalue weighted by atomic mass is 9.94. The summed E-state index contributed by atoms with van der Waals surface area (Å²) in [6.07, 6.45) is 4.92. The number of nitrogens with two attached hydrogens (primary N) is 1. The second kappa shape index (κ2) is 9.71. The van der Waals surface area contributed by atoms with Gasteiger partial charge in [-0.3, -0.25) is 9.59 Å². The summed E-state index contributed by atoms with van der Waals surface area (Å²) in [6.45, 7) is 1.17. The minimum absolute atomic E-state index is 0. The molecule has 1 aromatic carbocycles. The lowest BCUT2D eigenvalue weighted by Crippen LogP contribution is -2.42. The van der Waals surface area contributed by atoms with Crippen molar-refractivity contribution in [1.82, 2.24) is 4.90 Å². The molecule has 2 amide bonds. The number of nitrogens with one attached hydrogen (secondary N) is 1. The van der Waals surface area contributed by atoms with Crippen molar-refractivity contribution < 1.29 is 14.0 Å². The summed E-state index contributed by atoms with van der Waals surface area (Å²) in [5.74, 6) is -0.337. The van der Waals surface area contributed by atoms with E-state index in [9.17, 15) is 14.0 Å². The lowest BCUT2D eigenvalue weighted by Gasteiger charge is -2.32. The third kappa shape index (κ3) is 5.56. The fraction of sp³-hybridized carbons (Fsp3) is 0.579. The van der Waals surface area contributed by atoms with Crippen LogP contribution in [0, 0.1) is 17.7 Å². The third-order valence-corrected chi connectivity index (χ3v) is 5.85. The summed E-state index contributed by atoms with van der Waals surface area (Å²) in [4.78, 5) is 26.7. The lowest BCUT2D eigenvalue weighted by molar-refractivity contribution is -0.135. The summed E-state index contributed by atoms with van der Waals surface area (Å²) >= 11 is 5.74. The van der Waals surface area contributed by atoms with Crippen LogP contribution in [0.5, 0.6) is 0 Å². The molecule has 0 unspecified atom stereocenters. The molecule has 1 saturated heterocycles. The zero-order valence-corrected chi connectivity index (χ0v) is 16.7. The number of hydrogen-bond acceptors (Lipinski definition) is 3. The molecule has 1 heterocycles. The first-order valence-corrected chi connectivity index (χ1v) is 9.61. The molecule has 27 heavy (non-hydrogen) atoms. The minimum atomic E-state index is -0.515. The standard InChI is InChI=1S/C19H25ClFN3O2.ClH/c20-15-11-14(4-5-16(15)21)23-19(26)12-6-8-24(9-7-12)18(25)10-13-2-1-3-17(13)22;/h4-5,11-13,17H,1-3,6-10,22H2,(H,23,26);1H/t13-,17+;/m0./s1. The molecule has 0 aromatic heterocycles. The fourth-order valence-electron chi connectivity index (χ4n) is 3.88. The molecular weight excluding hydrogens is 392 g/mol. The Balaban J connectivity index is 0.00000261. The summed E-state index contributed by atoms with van der Waals surface area (Å²) in [6, 6.07) is 4.26. The molecule has 2 atom stereocenters. The fourth-order valence-corrected chi connectivity index (χ4v) is 4.06. The van der Waals surface area contributed by atoms with E-state index in [1.807, 2.05) is 4.90 Å². The van der Waals surface area contributed by atoms with Gasteiger partial charge in [-0.15, -0.1) is 12.4 Å². The largest absolute Gasteiger partial charge is 0.343 e. The van der Waals surface area contributed by atoms with Gasteiger partial charge >= 0.3 is 0 Å². The monoisotopic (exact) mass is 417 g/mol. The van der Waals surface area contributed by atoms with Gasteiger partial charge in [-0.1, -0.05) is 18.0 Å². The Kier molecular flexibility index (Phi) is 7.89. The van der Waals surface area contributed by atoms with E-state index >= 15 is 0 Å².